The van der Waals surface area contributed by atoms with Gasteiger partial charge in [-0.1, -0.05) is 48.5 Å². The second-order valence-corrected chi connectivity index (χ2v) is 6.32. The van der Waals surface area contributed by atoms with Crippen LogP contribution in [0.5, 0.6) is 0 Å². The molecule has 8 nitrogen and oxygen atoms in total. The smallest absolute Gasteiger partial charge is 0.432 e. The Kier molecular flexibility index (Phi) is 5.60. The second-order valence-electron chi connectivity index (χ2n) is 6.32. The molecule has 3 N–H and O–H groups in total. The van der Waals surface area contributed by atoms with E-state index < -0.39 is 30.6 Å². The number of benzene rings is 2. The molecule has 0 aliphatic heterocycles. The van der Waals surface area contributed by atoms with Crippen molar-refractivity contribution >= 4 is 18.0 Å². The summed E-state index contributed by atoms with van der Waals surface area (Å²) in [6.45, 7) is 0.271. The molecule has 1 aliphatic carbocycles. The summed E-state index contributed by atoms with van der Waals surface area (Å²) in [7, 11) is 0. The summed E-state index contributed by atoms with van der Waals surface area (Å²) >= 11 is 0. The molecule has 2 aromatic rings. The van der Waals surface area contributed by atoms with Crippen LogP contribution in [-0.2, 0) is 19.2 Å². The van der Waals surface area contributed by atoms with Crippen LogP contribution in [0.25, 0.3) is 11.1 Å². The topological polar surface area (TPSA) is 119 Å². The van der Waals surface area contributed by atoms with Gasteiger partial charge in [-0.25, -0.2) is 4.79 Å². The quantitative estimate of drug-likeness (QED) is 0.596. The van der Waals surface area contributed by atoms with E-state index in [1.54, 1.807) is 0 Å². The van der Waals surface area contributed by atoms with Gasteiger partial charge in [0.2, 0.25) is 5.91 Å². The van der Waals surface area contributed by atoms with Crippen molar-refractivity contribution in [2.45, 2.75) is 18.9 Å². The monoisotopic (exact) mass is 384 g/mol. The van der Waals surface area contributed by atoms with Gasteiger partial charge in [0.25, 0.3) is 5.91 Å². The number of nitrogens with two attached hydrogens (primary N) is 1. The van der Waals surface area contributed by atoms with E-state index in [9.17, 15) is 19.5 Å². The number of hydrogen-bond acceptors (Lipinski definition) is 6. The molecular formula is C20H20N2O6. The van der Waals surface area contributed by atoms with Crippen LogP contribution < -0.4 is 5.73 Å². The molecule has 0 unspecified atom stereocenters. The predicted octanol–water partition coefficient (Wildman–Crippen LogP) is 1.56. The summed E-state index contributed by atoms with van der Waals surface area (Å²) in [5.74, 6) is -1.97. The number of carbonyl (C=O) groups excluding carboxylic acids is 3. The average molecular weight is 384 g/mol. The van der Waals surface area contributed by atoms with Crippen LogP contribution in [0, 0.1) is 0 Å². The van der Waals surface area contributed by atoms with E-state index in [1.165, 1.54) is 0 Å². The van der Waals surface area contributed by atoms with Crippen molar-refractivity contribution in [3.05, 3.63) is 59.7 Å². The van der Waals surface area contributed by atoms with Crippen LogP contribution in [-0.4, -0.2) is 47.4 Å². The first kappa shape index (κ1) is 19.4. The predicted molar refractivity (Wildman–Crippen MR) is 98.7 cm³/mol. The van der Waals surface area contributed by atoms with Gasteiger partial charge in [0.05, 0.1) is 6.61 Å². The molecule has 2 amide bonds. The van der Waals surface area contributed by atoms with Gasteiger partial charge in [0, 0.05) is 12.8 Å². The largest absolute Gasteiger partial charge is 0.533 e. The molecule has 1 aliphatic rings. The number of amides is 2. The maximum Gasteiger partial charge on any atom is 0.533 e. The molecule has 0 fully saturated rings. The van der Waals surface area contributed by atoms with Crippen LogP contribution >= 0.6 is 0 Å². The fraction of sp³-hybridized carbons (Fsp3) is 0.250. The number of ether oxygens (including phenoxy) is 1. The minimum atomic E-state index is -1.49. The molecule has 0 bridgehead atoms. The SMILES string of the molecule is CC(=O)N(OC(=O)OCC1c2ccccc2-c2ccccc21)[C@@H](CO)C(N)=O. The first-order valence-electron chi connectivity index (χ1n) is 8.67. The van der Waals surface area contributed by atoms with Crippen LogP contribution in [0.2, 0.25) is 0 Å². The van der Waals surface area contributed by atoms with E-state index in [0.717, 1.165) is 29.2 Å². The minimum Gasteiger partial charge on any atom is -0.432 e. The van der Waals surface area contributed by atoms with Crippen molar-refractivity contribution in [2.75, 3.05) is 13.2 Å². The average Bonchev–Trinajstić information content (AvgIpc) is 3.00. The number of aliphatic hydroxyl groups excluding tert-OH is 1. The lowest BCUT2D eigenvalue weighted by Gasteiger charge is -2.25. The first-order chi connectivity index (χ1) is 13.4. The van der Waals surface area contributed by atoms with E-state index in [2.05, 4.69) is 0 Å². The molecule has 3 rings (SSSR count). The molecular weight excluding hydrogens is 364 g/mol. The Morgan fingerprint density at radius 1 is 1.07 bits per heavy atom. The lowest BCUT2D eigenvalue weighted by Crippen LogP contribution is -2.50. The summed E-state index contributed by atoms with van der Waals surface area (Å²) in [6.07, 6.45) is -1.17. The van der Waals surface area contributed by atoms with Crippen LogP contribution in [0.15, 0.2) is 48.5 Å². The Bertz CT molecular complexity index is 868. The van der Waals surface area contributed by atoms with Crippen molar-refractivity contribution in [3.8, 4) is 11.1 Å². The molecule has 0 aromatic heterocycles. The molecule has 2 aromatic carbocycles. The molecule has 8 heteroatoms. The zero-order valence-electron chi connectivity index (χ0n) is 15.2. The van der Waals surface area contributed by atoms with Crippen molar-refractivity contribution in [1.82, 2.24) is 5.06 Å². The van der Waals surface area contributed by atoms with E-state index in [-0.39, 0.29) is 12.5 Å². The molecule has 0 saturated carbocycles. The summed E-state index contributed by atoms with van der Waals surface area (Å²) < 4.78 is 5.21. The van der Waals surface area contributed by atoms with Gasteiger partial charge in [-0.3, -0.25) is 9.59 Å². The van der Waals surface area contributed by atoms with E-state index in [0.29, 0.717) is 5.06 Å². The third-order valence-corrected chi connectivity index (χ3v) is 4.60. The lowest BCUT2D eigenvalue weighted by atomic mass is 9.98. The lowest BCUT2D eigenvalue weighted by molar-refractivity contribution is -0.187. The Labute approximate surface area is 161 Å². The van der Waals surface area contributed by atoms with Crippen LogP contribution in [0.1, 0.15) is 24.0 Å². The molecule has 0 saturated heterocycles. The van der Waals surface area contributed by atoms with Gasteiger partial charge in [0.15, 0.2) is 6.04 Å². The van der Waals surface area contributed by atoms with Gasteiger partial charge >= 0.3 is 6.16 Å². The van der Waals surface area contributed by atoms with E-state index >= 15 is 0 Å². The number of fused-ring (bicyclic) bond motifs is 3. The highest BCUT2D eigenvalue weighted by Crippen LogP contribution is 2.44. The number of hydroxylamine groups is 2. The Morgan fingerprint density at radius 2 is 1.61 bits per heavy atom. The summed E-state index contributed by atoms with van der Waals surface area (Å²) in [4.78, 5) is 39.9. The molecule has 1 atom stereocenters. The normalized spacial score (nSPS) is 13.2. The first-order valence-corrected chi connectivity index (χ1v) is 8.67. The van der Waals surface area contributed by atoms with Gasteiger partial charge in [0.1, 0.15) is 6.61 Å². The number of aliphatic hydroxyl groups is 1. The Balaban J connectivity index is 1.72. The van der Waals surface area contributed by atoms with Crippen LogP contribution in [0.3, 0.4) is 0 Å². The van der Waals surface area contributed by atoms with Gasteiger partial charge < -0.3 is 20.4 Å². The summed E-state index contributed by atoms with van der Waals surface area (Å²) in [6, 6.07) is 14.1. The standard InChI is InChI=1S/C20H20N2O6/c1-12(24)22(18(10-23)19(21)25)28-20(26)27-11-17-15-8-4-2-6-13(15)14-7-3-5-9-16(14)17/h2-9,17-18,23H,10-11H2,1H3,(H2,21,25)/t18-/m0/s1. The van der Waals surface area contributed by atoms with Crippen molar-refractivity contribution < 1.29 is 29.1 Å². The molecule has 0 spiro atoms. The molecule has 146 valence electrons. The molecule has 0 heterocycles. The third kappa shape index (κ3) is 3.67. The third-order valence-electron chi connectivity index (χ3n) is 4.60. The second kappa shape index (κ2) is 8.10. The number of rotatable bonds is 5. The van der Waals surface area contributed by atoms with Crippen molar-refractivity contribution in [3.63, 3.8) is 0 Å². The number of hydrogen-bond donors (Lipinski definition) is 2. The Hall–Kier alpha value is -3.39. The van der Waals surface area contributed by atoms with E-state index in [1.807, 2.05) is 48.5 Å². The van der Waals surface area contributed by atoms with Gasteiger partial charge in [-0.05, 0) is 22.3 Å². The highest BCUT2D eigenvalue weighted by Gasteiger charge is 2.32. The molecule has 28 heavy (non-hydrogen) atoms. The van der Waals surface area contributed by atoms with Gasteiger partial charge in [-0.2, -0.15) is 5.06 Å². The minimum absolute atomic E-state index is 0.0149. The highest BCUT2D eigenvalue weighted by molar-refractivity contribution is 5.86. The van der Waals surface area contributed by atoms with Crippen molar-refractivity contribution in [1.29, 1.82) is 0 Å². The summed E-state index contributed by atoms with van der Waals surface area (Å²) in [5, 5.41) is 9.64. The fourth-order valence-corrected chi connectivity index (χ4v) is 3.32. The van der Waals surface area contributed by atoms with Crippen LogP contribution in [0.4, 0.5) is 4.79 Å². The van der Waals surface area contributed by atoms with E-state index in [4.69, 9.17) is 15.3 Å². The maximum absolute atomic E-state index is 12.1. The molecule has 0 radical (unpaired) electrons. The zero-order valence-corrected chi connectivity index (χ0v) is 15.2. The highest BCUT2D eigenvalue weighted by atomic mass is 16.8. The summed E-state index contributed by atoms with van der Waals surface area (Å²) in [5.41, 5.74) is 9.29. The number of primary amides is 1. The zero-order chi connectivity index (χ0) is 20.3. The Morgan fingerprint density at radius 3 is 2.07 bits per heavy atom. The number of nitrogens with zero attached hydrogens (tertiary/aromatic N) is 1. The maximum atomic E-state index is 12.1. The number of carbonyl (C=O) groups is 3. The van der Waals surface area contributed by atoms with Gasteiger partial charge in [-0.15, -0.1) is 0 Å². The fourth-order valence-electron chi connectivity index (χ4n) is 3.32. The van der Waals surface area contributed by atoms with Crippen molar-refractivity contribution in [2.24, 2.45) is 5.73 Å².